The summed E-state index contributed by atoms with van der Waals surface area (Å²) in [6, 6.07) is 16.3. The van der Waals surface area contributed by atoms with Crippen molar-refractivity contribution in [3.05, 3.63) is 94.6 Å². The maximum absolute atomic E-state index is 13.8. The average molecular weight is 409 g/mol. The molecule has 0 aromatic heterocycles. The molecule has 0 saturated carbocycles. The minimum absolute atomic E-state index is 0.110. The van der Waals surface area contributed by atoms with Gasteiger partial charge in [0.15, 0.2) is 23.1 Å². The number of benzene rings is 3. The van der Waals surface area contributed by atoms with Crippen LogP contribution >= 0.6 is 0 Å². The number of halogens is 2. The van der Waals surface area contributed by atoms with Gasteiger partial charge in [-0.25, -0.2) is 8.78 Å². The van der Waals surface area contributed by atoms with Gasteiger partial charge in [-0.05, 0) is 53.4 Å². The van der Waals surface area contributed by atoms with Crippen molar-refractivity contribution in [3.8, 4) is 11.5 Å². The van der Waals surface area contributed by atoms with E-state index in [-0.39, 0.29) is 11.5 Å². The van der Waals surface area contributed by atoms with Crippen LogP contribution in [0.2, 0.25) is 0 Å². The quantitative estimate of drug-likeness (QED) is 0.623. The van der Waals surface area contributed by atoms with E-state index in [0.717, 1.165) is 28.8 Å². The molecule has 0 bridgehead atoms. The van der Waals surface area contributed by atoms with Crippen molar-refractivity contribution in [1.82, 2.24) is 4.90 Å². The van der Waals surface area contributed by atoms with E-state index in [1.54, 1.807) is 19.1 Å². The summed E-state index contributed by atoms with van der Waals surface area (Å²) in [6.45, 7) is 0.430. The molecule has 0 saturated heterocycles. The number of hydrogen-bond donors (Lipinski definition) is 0. The highest BCUT2D eigenvalue weighted by molar-refractivity contribution is 5.95. The zero-order chi connectivity index (χ0) is 21.3. The number of carbonyl (C=O) groups is 1. The van der Waals surface area contributed by atoms with Crippen LogP contribution in [0.5, 0.6) is 11.5 Å². The molecule has 3 aromatic carbocycles. The highest BCUT2D eigenvalue weighted by atomic mass is 19.2. The van der Waals surface area contributed by atoms with E-state index in [2.05, 4.69) is 0 Å². The first kappa shape index (κ1) is 19.9. The number of amides is 1. The second-order valence-electron chi connectivity index (χ2n) is 7.10. The van der Waals surface area contributed by atoms with Gasteiger partial charge in [0, 0.05) is 12.1 Å². The molecule has 0 aliphatic carbocycles. The molecule has 0 spiro atoms. The zero-order valence-electron chi connectivity index (χ0n) is 16.7. The number of methoxy groups -OCH3 is 2. The topological polar surface area (TPSA) is 38.8 Å². The molecule has 0 fully saturated rings. The first-order chi connectivity index (χ1) is 14.5. The van der Waals surface area contributed by atoms with E-state index in [4.69, 9.17) is 9.47 Å². The Morgan fingerprint density at radius 2 is 1.63 bits per heavy atom. The molecule has 1 aliphatic heterocycles. The summed E-state index contributed by atoms with van der Waals surface area (Å²) in [4.78, 5) is 15.0. The van der Waals surface area contributed by atoms with Crippen molar-refractivity contribution in [1.29, 1.82) is 0 Å². The highest BCUT2D eigenvalue weighted by Gasteiger charge is 2.34. The summed E-state index contributed by atoms with van der Waals surface area (Å²) >= 11 is 0. The smallest absolute Gasteiger partial charge is 0.254 e. The molecule has 1 aliphatic rings. The lowest BCUT2D eigenvalue weighted by Gasteiger charge is -2.38. The van der Waals surface area contributed by atoms with E-state index in [1.807, 2.05) is 42.5 Å². The summed E-state index contributed by atoms with van der Waals surface area (Å²) in [5.74, 6) is -1.18. The summed E-state index contributed by atoms with van der Waals surface area (Å²) in [5.41, 5.74) is 3.00. The number of hydrogen-bond acceptors (Lipinski definition) is 3. The summed E-state index contributed by atoms with van der Waals surface area (Å²) in [5, 5.41) is 0. The van der Waals surface area contributed by atoms with Gasteiger partial charge >= 0.3 is 0 Å². The minimum Gasteiger partial charge on any atom is -0.493 e. The number of ether oxygens (including phenoxy) is 2. The molecule has 154 valence electrons. The van der Waals surface area contributed by atoms with E-state index in [0.29, 0.717) is 24.5 Å². The predicted molar refractivity (Wildman–Crippen MR) is 109 cm³/mol. The molecule has 1 atom stereocenters. The molecule has 6 heteroatoms. The first-order valence-electron chi connectivity index (χ1n) is 9.59. The van der Waals surface area contributed by atoms with Gasteiger partial charge in [-0.2, -0.15) is 0 Å². The third-order valence-corrected chi connectivity index (χ3v) is 5.42. The summed E-state index contributed by atoms with van der Waals surface area (Å²) in [6.07, 6.45) is 0.606. The Labute approximate surface area is 173 Å². The van der Waals surface area contributed by atoms with Crippen LogP contribution in [0.4, 0.5) is 8.78 Å². The SMILES string of the molecule is COc1cc2c(cc1OC)[C@@H](c1ccccc1)N(C(=O)c1ccc(F)c(F)c1)CC2. The van der Waals surface area contributed by atoms with E-state index >= 15 is 0 Å². The Hall–Kier alpha value is -3.41. The maximum atomic E-state index is 13.8. The Kier molecular flexibility index (Phi) is 5.40. The van der Waals surface area contributed by atoms with E-state index in [1.165, 1.54) is 6.07 Å². The van der Waals surface area contributed by atoms with Crippen molar-refractivity contribution in [2.75, 3.05) is 20.8 Å². The molecule has 3 aromatic rings. The fraction of sp³-hybridized carbons (Fsp3) is 0.208. The van der Waals surface area contributed by atoms with Gasteiger partial charge in [0.05, 0.1) is 20.3 Å². The Morgan fingerprint density at radius 3 is 2.30 bits per heavy atom. The normalized spacial score (nSPS) is 15.5. The Balaban J connectivity index is 1.83. The van der Waals surface area contributed by atoms with Gasteiger partial charge < -0.3 is 14.4 Å². The Morgan fingerprint density at radius 1 is 0.933 bits per heavy atom. The van der Waals surface area contributed by atoms with Crippen LogP contribution in [0.15, 0.2) is 60.7 Å². The molecule has 4 rings (SSSR count). The largest absolute Gasteiger partial charge is 0.493 e. The lowest BCUT2D eigenvalue weighted by molar-refractivity contribution is 0.0693. The van der Waals surface area contributed by atoms with Crippen molar-refractivity contribution >= 4 is 5.91 Å². The fourth-order valence-corrected chi connectivity index (χ4v) is 3.95. The monoisotopic (exact) mass is 409 g/mol. The Bertz CT molecular complexity index is 1090. The van der Waals surface area contributed by atoms with Gasteiger partial charge in [0.2, 0.25) is 0 Å². The number of carbonyl (C=O) groups excluding carboxylic acids is 1. The lowest BCUT2D eigenvalue weighted by Crippen LogP contribution is -2.40. The van der Waals surface area contributed by atoms with Crippen molar-refractivity contribution in [3.63, 3.8) is 0 Å². The number of rotatable bonds is 4. The first-order valence-corrected chi connectivity index (χ1v) is 9.59. The second kappa shape index (κ2) is 8.14. The third kappa shape index (κ3) is 3.49. The van der Waals surface area contributed by atoms with Crippen molar-refractivity contribution in [2.45, 2.75) is 12.5 Å². The van der Waals surface area contributed by atoms with Crippen molar-refractivity contribution < 1.29 is 23.0 Å². The predicted octanol–water partition coefficient (Wildman–Crippen LogP) is 4.77. The molecule has 0 unspecified atom stereocenters. The average Bonchev–Trinajstić information content (AvgIpc) is 2.79. The van der Waals surface area contributed by atoms with Crippen LogP contribution in [0, 0.1) is 11.6 Å². The zero-order valence-corrected chi connectivity index (χ0v) is 16.7. The number of fused-ring (bicyclic) bond motifs is 1. The van der Waals surface area contributed by atoms with E-state index in [9.17, 15) is 13.6 Å². The summed E-state index contributed by atoms with van der Waals surface area (Å²) in [7, 11) is 3.15. The third-order valence-electron chi connectivity index (χ3n) is 5.42. The minimum atomic E-state index is -1.04. The fourth-order valence-electron chi connectivity index (χ4n) is 3.95. The molecule has 1 heterocycles. The van der Waals surface area contributed by atoms with Crippen LogP contribution in [0.1, 0.15) is 33.1 Å². The molecule has 0 N–H and O–H groups in total. The lowest BCUT2D eigenvalue weighted by atomic mass is 9.87. The molecule has 4 nitrogen and oxygen atoms in total. The van der Waals surface area contributed by atoms with Crippen LogP contribution in [-0.4, -0.2) is 31.6 Å². The van der Waals surface area contributed by atoms with Crippen molar-refractivity contribution in [2.24, 2.45) is 0 Å². The number of nitrogens with zero attached hydrogens (tertiary/aromatic N) is 1. The van der Waals surface area contributed by atoms with Crippen LogP contribution < -0.4 is 9.47 Å². The van der Waals surface area contributed by atoms with Crippen LogP contribution in [-0.2, 0) is 6.42 Å². The maximum Gasteiger partial charge on any atom is 0.254 e. The molecular formula is C24H21F2NO3. The van der Waals surface area contributed by atoms with Gasteiger partial charge in [-0.15, -0.1) is 0 Å². The van der Waals surface area contributed by atoms with Gasteiger partial charge in [-0.3, -0.25) is 4.79 Å². The van der Waals surface area contributed by atoms with Gasteiger partial charge in [0.25, 0.3) is 5.91 Å². The van der Waals surface area contributed by atoms with Crippen LogP contribution in [0.25, 0.3) is 0 Å². The highest BCUT2D eigenvalue weighted by Crippen LogP contribution is 2.41. The molecule has 0 radical (unpaired) electrons. The standard InChI is InChI=1S/C24H21F2NO3/c1-29-21-13-16-10-11-27(24(28)17-8-9-19(25)20(26)12-17)23(15-6-4-3-5-7-15)18(16)14-22(21)30-2/h3-9,12-14,23H,10-11H2,1-2H3/t23-/m1/s1. The summed E-state index contributed by atoms with van der Waals surface area (Å²) < 4.78 is 38.0. The van der Waals surface area contributed by atoms with E-state index < -0.39 is 17.7 Å². The second-order valence-corrected chi connectivity index (χ2v) is 7.10. The molecular weight excluding hydrogens is 388 g/mol. The molecule has 1 amide bonds. The molecule has 30 heavy (non-hydrogen) atoms. The van der Waals surface area contributed by atoms with Gasteiger partial charge in [0.1, 0.15) is 0 Å². The van der Waals surface area contributed by atoms with Crippen LogP contribution in [0.3, 0.4) is 0 Å². The van der Waals surface area contributed by atoms with Gasteiger partial charge in [-0.1, -0.05) is 30.3 Å².